The first-order valence-electron chi connectivity index (χ1n) is 7.34. The third kappa shape index (κ3) is 2.91. The Balaban J connectivity index is 2.19. The summed E-state index contributed by atoms with van der Waals surface area (Å²) in [6.45, 7) is 5.56. The Labute approximate surface area is 116 Å². The van der Waals surface area contributed by atoms with Crippen molar-refractivity contribution in [1.29, 1.82) is 0 Å². The SMILES string of the molecule is CCN(CC)C(=O)NC1(c2ccccc2)CCCC1. The number of nitrogens with one attached hydrogen (secondary N) is 1. The summed E-state index contributed by atoms with van der Waals surface area (Å²) in [5.41, 5.74) is 1.09. The number of urea groups is 1. The molecule has 19 heavy (non-hydrogen) atoms. The molecule has 1 aromatic rings. The third-order valence-corrected chi connectivity index (χ3v) is 4.18. The lowest BCUT2D eigenvalue weighted by atomic mass is 9.88. The fraction of sp³-hybridized carbons (Fsp3) is 0.562. The van der Waals surface area contributed by atoms with Crippen LogP contribution in [0, 0.1) is 0 Å². The molecule has 1 saturated carbocycles. The van der Waals surface area contributed by atoms with Gasteiger partial charge in [0.2, 0.25) is 0 Å². The van der Waals surface area contributed by atoms with E-state index in [0.29, 0.717) is 0 Å². The zero-order chi connectivity index (χ0) is 13.7. The second kappa shape index (κ2) is 6.09. The summed E-state index contributed by atoms with van der Waals surface area (Å²) < 4.78 is 0. The molecular weight excluding hydrogens is 236 g/mol. The zero-order valence-electron chi connectivity index (χ0n) is 12.0. The molecule has 0 radical (unpaired) electrons. The van der Waals surface area contributed by atoms with Crippen LogP contribution in [0.2, 0.25) is 0 Å². The van der Waals surface area contributed by atoms with E-state index in [9.17, 15) is 4.79 Å². The highest BCUT2D eigenvalue weighted by Crippen LogP contribution is 2.38. The van der Waals surface area contributed by atoms with Crippen LogP contribution in [-0.4, -0.2) is 24.0 Å². The van der Waals surface area contributed by atoms with Crippen molar-refractivity contribution in [2.24, 2.45) is 0 Å². The van der Waals surface area contributed by atoms with Crippen molar-refractivity contribution >= 4 is 6.03 Å². The summed E-state index contributed by atoms with van der Waals surface area (Å²) in [5, 5.41) is 3.30. The minimum Gasteiger partial charge on any atom is -0.328 e. The lowest BCUT2D eigenvalue weighted by Crippen LogP contribution is -2.50. The van der Waals surface area contributed by atoms with E-state index in [1.807, 2.05) is 24.8 Å². The number of hydrogen-bond donors (Lipinski definition) is 1. The van der Waals surface area contributed by atoms with Gasteiger partial charge in [0.1, 0.15) is 0 Å². The maximum atomic E-state index is 12.4. The average molecular weight is 260 g/mol. The fourth-order valence-corrected chi connectivity index (χ4v) is 3.02. The molecule has 0 spiro atoms. The molecule has 2 amide bonds. The predicted molar refractivity (Wildman–Crippen MR) is 78.0 cm³/mol. The molecule has 3 nitrogen and oxygen atoms in total. The second-order valence-corrected chi connectivity index (χ2v) is 5.26. The van der Waals surface area contributed by atoms with Gasteiger partial charge in [-0.3, -0.25) is 0 Å². The molecule has 0 aliphatic heterocycles. The normalized spacial score (nSPS) is 17.2. The maximum absolute atomic E-state index is 12.4. The van der Waals surface area contributed by atoms with Crippen LogP contribution in [-0.2, 0) is 5.54 Å². The first-order valence-corrected chi connectivity index (χ1v) is 7.34. The van der Waals surface area contributed by atoms with E-state index in [4.69, 9.17) is 0 Å². The summed E-state index contributed by atoms with van der Waals surface area (Å²) in [5.74, 6) is 0. The van der Waals surface area contributed by atoms with Gasteiger partial charge < -0.3 is 10.2 Å². The number of hydrogen-bond acceptors (Lipinski definition) is 1. The van der Waals surface area contributed by atoms with Gasteiger partial charge in [-0.2, -0.15) is 0 Å². The highest BCUT2D eigenvalue weighted by atomic mass is 16.2. The minimum atomic E-state index is -0.152. The molecule has 0 saturated heterocycles. The van der Waals surface area contributed by atoms with E-state index in [-0.39, 0.29) is 11.6 Å². The quantitative estimate of drug-likeness (QED) is 0.882. The highest BCUT2D eigenvalue weighted by Gasteiger charge is 2.37. The molecule has 1 fully saturated rings. The largest absolute Gasteiger partial charge is 0.328 e. The van der Waals surface area contributed by atoms with Crippen LogP contribution in [0.3, 0.4) is 0 Å². The van der Waals surface area contributed by atoms with Gasteiger partial charge in [-0.25, -0.2) is 4.79 Å². The van der Waals surface area contributed by atoms with Gasteiger partial charge in [-0.1, -0.05) is 43.2 Å². The smallest absolute Gasteiger partial charge is 0.318 e. The fourth-order valence-electron chi connectivity index (χ4n) is 3.02. The molecule has 0 bridgehead atoms. The van der Waals surface area contributed by atoms with Crippen molar-refractivity contribution in [3.05, 3.63) is 35.9 Å². The summed E-state index contributed by atoms with van der Waals surface area (Å²) in [6.07, 6.45) is 4.47. The molecule has 0 aromatic heterocycles. The molecule has 1 aromatic carbocycles. The number of rotatable bonds is 4. The molecule has 0 unspecified atom stereocenters. The summed E-state index contributed by atoms with van der Waals surface area (Å²) >= 11 is 0. The van der Waals surface area contributed by atoms with E-state index in [1.165, 1.54) is 18.4 Å². The van der Waals surface area contributed by atoms with Crippen LogP contribution in [0.25, 0.3) is 0 Å². The number of amides is 2. The summed E-state index contributed by atoms with van der Waals surface area (Å²) in [4.78, 5) is 14.2. The van der Waals surface area contributed by atoms with Crippen LogP contribution in [0.1, 0.15) is 45.1 Å². The lowest BCUT2D eigenvalue weighted by Gasteiger charge is -2.33. The predicted octanol–water partition coefficient (Wildman–Crippen LogP) is 3.51. The summed E-state index contributed by atoms with van der Waals surface area (Å²) in [6, 6.07) is 10.5. The molecule has 0 heterocycles. The molecule has 104 valence electrons. The molecule has 1 N–H and O–H groups in total. The first-order chi connectivity index (χ1) is 9.22. The zero-order valence-corrected chi connectivity index (χ0v) is 12.0. The summed E-state index contributed by atoms with van der Waals surface area (Å²) in [7, 11) is 0. The van der Waals surface area contributed by atoms with E-state index in [0.717, 1.165) is 25.9 Å². The van der Waals surface area contributed by atoms with E-state index in [1.54, 1.807) is 0 Å². The lowest BCUT2D eigenvalue weighted by molar-refractivity contribution is 0.187. The Kier molecular flexibility index (Phi) is 4.46. The monoisotopic (exact) mass is 260 g/mol. The van der Waals surface area contributed by atoms with Crippen LogP contribution in [0.5, 0.6) is 0 Å². The maximum Gasteiger partial charge on any atom is 0.318 e. The Morgan fingerprint density at radius 1 is 1.16 bits per heavy atom. The van der Waals surface area contributed by atoms with Gasteiger partial charge in [0.25, 0.3) is 0 Å². The third-order valence-electron chi connectivity index (χ3n) is 4.18. The number of carbonyl (C=O) groups excluding carboxylic acids is 1. The van der Waals surface area contributed by atoms with Crippen molar-refractivity contribution in [2.45, 2.75) is 45.1 Å². The minimum absolute atomic E-state index is 0.0655. The van der Waals surface area contributed by atoms with E-state index < -0.39 is 0 Å². The van der Waals surface area contributed by atoms with Gasteiger partial charge in [0, 0.05) is 13.1 Å². The molecule has 0 atom stereocenters. The van der Waals surface area contributed by atoms with Crippen molar-refractivity contribution in [1.82, 2.24) is 10.2 Å². The van der Waals surface area contributed by atoms with Gasteiger partial charge in [-0.05, 0) is 32.3 Å². The average Bonchev–Trinajstić information content (AvgIpc) is 2.91. The molecule has 1 aliphatic rings. The van der Waals surface area contributed by atoms with Crippen LogP contribution in [0.15, 0.2) is 30.3 Å². The van der Waals surface area contributed by atoms with Crippen LogP contribution in [0.4, 0.5) is 4.79 Å². The number of nitrogens with zero attached hydrogens (tertiary/aromatic N) is 1. The van der Waals surface area contributed by atoms with Gasteiger partial charge >= 0.3 is 6.03 Å². The van der Waals surface area contributed by atoms with Gasteiger partial charge in [0.15, 0.2) is 0 Å². The Bertz CT molecular complexity index is 406. The Morgan fingerprint density at radius 2 is 1.74 bits per heavy atom. The van der Waals surface area contributed by atoms with Crippen molar-refractivity contribution < 1.29 is 4.79 Å². The first kappa shape index (κ1) is 13.9. The molecule has 2 rings (SSSR count). The molecule has 3 heteroatoms. The van der Waals surface area contributed by atoms with Crippen molar-refractivity contribution in [2.75, 3.05) is 13.1 Å². The van der Waals surface area contributed by atoms with E-state index in [2.05, 4.69) is 29.6 Å². The Morgan fingerprint density at radius 3 is 2.26 bits per heavy atom. The van der Waals surface area contributed by atoms with Gasteiger partial charge in [0.05, 0.1) is 5.54 Å². The Hall–Kier alpha value is -1.51. The standard InChI is InChI=1S/C16H24N2O/c1-3-18(4-2)15(19)17-16(12-8-9-13-16)14-10-6-5-7-11-14/h5-7,10-11H,3-4,8-9,12-13H2,1-2H3,(H,17,19). The van der Waals surface area contributed by atoms with Crippen LogP contribution >= 0.6 is 0 Å². The highest BCUT2D eigenvalue weighted by molar-refractivity contribution is 5.75. The molecular formula is C16H24N2O. The van der Waals surface area contributed by atoms with Crippen molar-refractivity contribution in [3.63, 3.8) is 0 Å². The van der Waals surface area contributed by atoms with Gasteiger partial charge in [-0.15, -0.1) is 0 Å². The number of benzene rings is 1. The second-order valence-electron chi connectivity index (χ2n) is 5.26. The van der Waals surface area contributed by atoms with Crippen LogP contribution < -0.4 is 5.32 Å². The topological polar surface area (TPSA) is 32.3 Å². The number of carbonyl (C=O) groups is 1. The molecule has 1 aliphatic carbocycles. The van der Waals surface area contributed by atoms with Crippen molar-refractivity contribution in [3.8, 4) is 0 Å². The van der Waals surface area contributed by atoms with E-state index >= 15 is 0 Å².